The van der Waals surface area contributed by atoms with Crippen LogP contribution in [0, 0.1) is 0 Å². The lowest BCUT2D eigenvalue weighted by Gasteiger charge is -2.32. The summed E-state index contributed by atoms with van der Waals surface area (Å²) < 4.78 is 69.2. The van der Waals surface area contributed by atoms with Crippen LogP contribution in [0.25, 0.3) is 0 Å². The average molecular weight is 665 g/mol. The first kappa shape index (κ1) is 33.5. The number of sulfonamides is 1. The minimum absolute atomic E-state index is 0.177. The number of hydrogen-bond acceptors (Lipinski definition) is 4. The molecule has 0 aliphatic heterocycles. The van der Waals surface area contributed by atoms with E-state index in [1.165, 1.54) is 43.3 Å². The van der Waals surface area contributed by atoms with Gasteiger partial charge < -0.3 is 10.2 Å². The van der Waals surface area contributed by atoms with Crippen LogP contribution in [0.3, 0.4) is 0 Å². The largest absolute Gasteiger partial charge is 0.417 e. The van der Waals surface area contributed by atoms with E-state index >= 15 is 0 Å². The van der Waals surface area contributed by atoms with Crippen molar-refractivity contribution in [2.45, 2.75) is 43.9 Å². The molecule has 0 aliphatic carbocycles. The molecule has 0 bridgehead atoms. The molecule has 0 heterocycles. The van der Waals surface area contributed by atoms with Gasteiger partial charge in [0.1, 0.15) is 12.6 Å². The summed E-state index contributed by atoms with van der Waals surface area (Å²) >= 11 is 17.9. The second kappa shape index (κ2) is 14.0. The second-order valence-electron chi connectivity index (χ2n) is 9.22. The molecular formula is C28H27Cl3F3N3O4S. The summed E-state index contributed by atoms with van der Waals surface area (Å²) in [6.07, 6.45) is -4.27. The Bertz CT molecular complexity index is 1540. The Morgan fingerprint density at radius 2 is 1.57 bits per heavy atom. The number of hydrogen-bond donors (Lipinski definition) is 1. The highest BCUT2D eigenvalue weighted by Gasteiger charge is 2.37. The first-order chi connectivity index (χ1) is 19.7. The first-order valence-electron chi connectivity index (χ1n) is 12.6. The van der Waals surface area contributed by atoms with Crippen LogP contribution in [0.15, 0.2) is 71.6 Å². The summed E-state index contributed by atoms with van der Waals surface area (Å²) in [4.78, 5) is 27.6. The Morgan fingerprint density at radius 1 is 0.929 bits per heavy atom. The van der Waals surface area contributed by atoms with E-state index in [2.05, 4.69) is 5.32 Å². The van der Waals surface area contributed by atoms with Gasteiger partial charge in [0.25, 0.3) is 10.0 Å². The minimum Gasteiger partial charge on any atom is -0.354 e. The number of carbonyl (C=O) groups is 2. The first-order valence-corrected chi connectivity index (χ1v) is 15.2. The number of alkyl halides is 3. The minimum atomic E-state index is -4.90. The average Bonchev–Trinajstić information content (AvgIpc) is 2.94. The molecule has 0 saturated heterocycles. The number of nitrogens with zero attached hydrogens (tertiary/aromatic N) is 2. The van der Waals surface area contributed by atoms with Gasteiger partial charge >= 0.3 is 6.18 Å². The van der Waals surface area contributed by atoms with Crippen LogP contribution in [0.4, 0.5) is 18.9 Å². The van der Waals surface area contributed by atoms with Crippen molar-refractivity contribution in [3.8, 4) is 0 Å². The van der Waals surface area contributed by atoms with Crippen molar-refractivity contribution in [1.29, 1.82) is 0 Å². The summed E-state index contributed by atoms with van der Waals surface area (Å²) in [5.41, 5.74) is -1.24. The molecule has 3 aromatic carbocycles. The van der Waals surface area contributed by atoms with Gasteiger partial charge in [0, 0.05) is 13.1 Å². The number of anilines is 1. The molecule has 0 saturated carbocycles. The molecule has 7 nitrogen and oxygen atoms in total. The quantitative estimate of drug-likeness (QED) is 0.244. The van der Waals surface area contributed by atoms with E-state index in [1.54, 1.807) is 12.1 Å². The van der Waals surface area contributed by atoms with E-state index in [9.17, 15) is 31.2 Å². The van der Waals surface area contributed by atoms with Gasteiger partial charge in [-0.05, 0) is 61.4 Å². The van der Waals surface area contributed by atoms with E-state index in [0.717, 1.165) is 17.0 Å². The Morgan fingerprint density at radius 3 is 2.17 bits per heavy atom. The van der Waals surface area contributed by atoms with Crippen LogP contribution in [0.5, 0.6) is 0 Å². The molecule has 1 atom stereocenters. The van der Waals surface area contributed by atoms with Crippen LogP contribution >= 0.6 is 34.8 Å². The van der Waals surface area contributed by atoms with Gasteiger partial charge in [0.05, 0.1) is 31.2 Å². The van der Waals surface area contributed by atoms with Crippen molar-refractivity contribution < 1.29 is 31.2 Å². The summed E-state index contributed by atoms with van der Waals surface area (Å²) in [5.74, 6) is -1.36. The van der Waals surface area contributed by atoms with Gasteiger partial charge in [-0.25, -0.2) is 8.42 Å². The lowest BCUT2D eigenvalue weighted by molar-refractivity contribution is -0.139. The molecule has 0 radical (unpaired) electrons. The van der Waals surface area contributed by atoms with Crippen molar-refractivity contribution in [3.05, 3.63) is 92.9 Å². The zero-order valence-corrected chi connectivity index (χ0v) is 25.5. The third kappa shape index (κ3) is 8.09. The van der Waals surface area contributed by atoms with E-state index in [-0.39, 0.29) is 21.5 Å². The molecule has 1 N–H and O–H groups in total. The predicted octanol–water partition coefficient (Wildman–Crippen LogP) is 6.80. The predicted molar refractivity (Wildman–Crippen MR) is 157 cm³/mol. The van der Waals surface area contributed by atoms with Crippen molar-refractivity contribution >= 4 is 62.3 Å². The van der Waals surface area contributed by atoms with Crippen LogP contribution < -0.4 is 9.62 Å². The van der Waals surface area contributed by atoms with Crippen molar-refractivity contribution in [3.63, 3.8) is 0 Å². The second-order valence-corrected chi connectivity index (χ2v) is 12.3. The number of rotatable bonds is 11. The maximum Gasteiger partial charge on any atom is 0.417 e. The number of halogens is 6. The highest BCUT2D eigenvalue weighted by Crippen LogP contribution is 2.38. The third-order valence-corrected chi connectivity index (χ3v) is 9.06. The van der Waals surface area contributed by atoms with Crippen molar-refractivity contribution in [1.82, 2.24) is 10.2 Å². The SMILES string of the molecule is CCCNC(=O)[C@@H](C)N(Cc1ccc(Cl)c(Cl)c1)C(=O)CN(c1ccc(Cl)c(C(F)(F)F)c1)S(=O)(=O)c1ccccc1. The molecule has 0 fully saturated rings. The maximum absolute atomic E-state index is 13.9. The molecular weight excluding hydrogens is 638 g/mol. The topological polar surface area (TPSA) is 86.8 Å². The van der Waals surface area contributed by atoms with E-state index < -0.39 is 56.9 Å². The highest BCUT2D eigenvalue weighted by molar-refractivity contribution is 7.92. The van der Waals surface area contributed by atoms with E-state index in [0.29, 0.717) is 28.9 Å². The molecule has 0 aliphatic rings. The fourth-order valence-electron chi connectivity index (χ4n) is 3.95. The van der Waals surface area contributed by atoms with Crippen LogP contribution in [0.2, 0.25) is 15.1 Å². The number of benzene rings is 3. The summed E-state index contributed by atoms with van der Waals surface area (Å²) in [6.45, 7) is 2.53. The molecule has 3 rings (SSSR count). The van der Waals surface area contributed by atoms with E-state index in [4.69, 9.17) is 34.8 Å². The van der Waals surface area contributed by atoms with Gasteiger partial charge in [0.2, 0.25) is 11.8 Å². The summed E-state index contributed by atoms with van der Waals surface area (Å²) in [5, 5.41) is 2.50. The monoisotopic (exact) mass is 663 g/mol. The van der Waals surface area contributed by atoms with Crippen molar-refractivity contribution in [2.24, 2.45) is 0 Å². The Balaban J connectivity index is 2.11. The molecule has 3 aromatic rings. The Labute approximate surface area is 257 Å². The van der Waals surface area contributed by atoms with Crippen LogP contribution in [-0.2, 0) is 32.3 Å². The van der Waals surface area contributed by atoms with Crippen LogP contribution in [-0.4, -0.2) is 44.3 Å². The van der Waals surface area contributed by atoms with Gasteiger partial charge in [-0.1, -0.05) is 66.0 Å². The summed E-state index contributed by atoms with van der Waals surface area (Å²) in [7, 11) is -4.57. The highest BCUT2D eigenvalue weighted by atomic mass is 35.5. The van der Waals surface area contributed by atoms with Crippen LogP contribution in [0.1, 0.15) is 31.4 Å². The summed E-state index contributed by atoms with van der Waals surface area (Å²) in [6, 6.07) is 13.0. The normalized spacial score (nSPS) is 12.5. The molecule has 14 heteroatoms. The zero-order valence-electron chi connectivity index (χ0n) is 22.5. The van der Waals surface area contributed by atoms with Gasteiger partial charge in [-0.15, -0.1) is 0 Å². The molecule has 42 heavy (non-hydrogen) atoms. The molecule has 0 spiro atoms. The van der Waals surface area contributed by atoms with Gasteiger partial charge in [0.15, 0.2) is 0 Å². The lowest BCUT2D eigenvalue weighted by Crippen LogP contribution is -2.51. The van der Waals surface area contributed by atoms with Gasteiger partial charge in [-0.3, -0.25) is 13.9 Å². The third-order valence-electron chi connectivity index (χ3n) is 6.21. The van der Waals surface area contributed by atoms with Crippen molar-refractivity contribution in [2.75, 3.05) is 17.4 Å². The van der Waals surface area contributed by atoms with E-state index in [1.807, 2.05) is 6.92 Å². The molecule has 0 aromatic heterocycles. The Kier molecular flexibility index (Phi) is 11.2. The fraction of sp³-hybridized carbons (Fsp3) is 0.286. The fourth-order valence-corrected chi connectivity index (χ4v) is 5.92. The molecule has 0 unspecified atom stereocenters. The smallest absolute Gasteiger partial charge is 0.354 e. The number of carbonyl (C=O) groups excluding carboxylic acids is 2. The lowest BCUT2D eigenvalue weighted by atomic mass is 10.1. The van der Waals surface area contributed by atoms with Gasteiger partial charge in [-0.2, -0.15) is 13.2 Å². The Hall–Kier alpha value is -2.99. The standard InChI is InChI=1S/C28H27Cl3F3N3O4S/c1-3-13-35-27(39)18(2)36(16-19-9-11-24(30)25(31)14-19)26(38)17-37(42(40,41)21-7-5-4-6-8-21)20-10-12-23(29)22(15-20)28(32,33)34/h4-12,14-15,18H,3,13,16-17H2,1-2H3,(H,35,39)/t18-/m1/s1. The number of amides is 2. The zero-order chi connectivity index (χ0) is 31.2. The molecule has 226 valence electrons. The maximum atomic E-state index is 13.9. The number of nitrogens with one attached hydrogen (secondary N) is 1. The molecule has 2 amide bonds.